The van der Waals surface area contributed by atoms with Gasteiger partial charge in [-0.1, -0.05) is 47.0 Å². The third-order valence-corrected chi connectivity index (χ3v) is 4.03. The minimum absolute atomic E-state index is 0.0570. The molecule has 2 aromatic rings. The van der Waals surface area contributed by atoms with Crippen molar-refractivity contribution in [1.29, 1.82) is 0 Å². The highest BCUT2D eigenvalue weighted by atomic mass is 79.9. The van der Waals surface area contributed by atoms with E-state index in [4.69, 9.17) is 0 Å². The monoisotopic (exact) mass is 326 g/mol. The van der Waals surface area contributed by atoms with E-state index in [2.05, 4.69) is 33.2 Å². The molecule has 0 aliphatic heterocycles. The Bertz CT molecular complexity index is 553. The number of thiazole rings is 1. The molecular weight excluding hydrogens is 312 g/mol. The van der Waals surface area contributed by atoms with Gasteiger partial charge >= 0.3 is 0 Å². The smallest absolute Gasteiger partial charge is 0.226 e. The van der Waals surface area contributed by atoms with Crippen molar-refractivity contribution in [2.24, 2.45) is 0 Å². The second-order valence-corrected chi connectivity index (χ2v) is 6.08. The molecule has 18 heavy (non-hydrogen) atoms. The van der Waals surface area contributed by atoms with Crippen LogP contribution in [0.3, 0.4) is 0 Å². The highest BCUT2D eigenvalue weighted by Gasteiger charge is 2.07. The molecule has 1 heterocycles. The highest BCUT2D eigenvalue weighted by Crippen LogP contribution is 2.28. The summed E-state index contributed by atoms with van der Waals surface area (Å²) in [6, 6.07) is 5.91. The van der Waals surface area contributed by atoms with Crippen molar-refractivity contribution in [2.75, 3.05) is 5.32 Å². The summed E-state index contributed by atoms with van der Waals surface area (Å²) in [5.74, 6) is 0.0570. The molecule has 0 bridgehead atoms. The number of unbranched alkanes of at least 4 members (excludes halogenated alkanes) is 2. The second-order valence-electron chi connectivity index (χ2n) is 4.14. The van der Waals surface area contributed by atoms with Gasteiger partial charge in [-0.05, 0) is 24.6 Å². The number of nitrogens with one attached hydrogen (secondary N) is 1. The molecule has 3 nitrogen and oxygen atoms in total. The van der Waals surface area contributed by atoms with Gasteiger partial charge in [0.15, 0.2) is 5.13 Å². The second kappa shape index (κ2) is 6.29. The summed E-state index contributed by atoms with van der Waals surface area (Å²) < 4.78 is 2.10. The van der Waals surface area contributed by atoms with Crippen LogP contribution in [0.4, 0.5) is 5.13 Å². The highest BCUT2D eigenvalue weighted by molar-refractivity contribution is 9.10. The van der Waals surface area contributed by atoms with Crippen molar-refractivity contribution in [3.05, 3.63) is 22.7 Å². The van der Waals surface area contributed by atoms with Crippen LogP contribution in [0.2, 0.25) is 0 Å². The Morgan fingerprint density at radius 1 is 1.44 bits per heavy atom. The summed E-state index contributed by atoms with van der Waals surface area (Å²) in [5.41, 5.74) is 0.923. The van der Waals surface area contributed by atoms with E-state index in [0.717, 1.165) is 34.0 Å². The Morgan fingerprint density at radius 3 is 3.06 bits per heavy atom. The maximum atomic E-state index is 11.7. The summed E-state index contributed by atoms with van der Waals surface area (Å²) in [6.07, 6.45) is 3.74. The van der Waals surface area contributed by atoms with Crippen molar-refractivity contribution >= 4 is 48.5 Å². The van der Waals surface area contributed by atoms with E-state index in [1.165, 1.54) is 11.3 Å². The maximum Gasteiger partial charge on any atom is 0.226 e. The van der Waals surface area contributed by atoms with Crippen LogP contribution in [-0.2, 0) is 4.79 Å². The molecule has 1 amide bonds. The molecule has 0 aliphatic carbocycles. The zero-order valence-corrected chi connectivity index (χ0v) is 12.6. The van der Waals surface area contributed by atoms with Crippen LogP contribution in [0.5, 0.6) is 0 Å². The molecule has 0 saturated carbocycles. The van der Waals surface area contributed by atoms with Crippen molar-refractivity contribution in [3.63, 3.8) is 0 Å². The summed E-state index contributed by atoms with van der Waals surface area (Å²) in [5, 5.41) is 3.55. The first-order valence-electron chi connectivity index (χ1n) is 6.05. The number of benzene rings is 1. The van der Waals surface area contributed by atoms with Crippen molar-refractivity contribution < 1.29 is 4.79 Å². The first-order valence-corrected chi connectivity index (χ1v) is 7.66. The largest absolute Gasteiger partial charge is 0.302 e. The maximum absolute atomic E-state index is 11.7. The number of amides is 1. The summed E-state index contributed by atoms with van der Waals surface area (Å²) in [4.78, 5) is 16.1. The molecule has 0 saturated heterocycles. The molecule has 0 atom stereocenters. The van der Waals surface area contributed by atoms with Crippen LogP contribution in [0.1, 0.15) is 32.6 Å². The zero-order chi connectivity index (χ0) is 13.0. The first kappa shape index (κ1) is 13.5. The van der Waals surface area contributed by atoms with Gasteiger partial charge in [0.05, 0.1) is 10.2 Å². The number of fused-ring (bicyclic) bond motifs is 1. The molecule has 2 rings (SSSR count). The van der Waals surface area contributed by atoms with Crippen LogP contribution < -0.4 is 5.32 Å². The fourth-order valence-corrected chi connectivity index (χ4v) is 3.10. The van der Waals surface area contributed by atoms with Gasteiger partial charge in [-0.15, -0.1) is 0 Å². The molecule has 1 aromatic heterocycles. The third-order valence-electron chi connectivity index (χ3n) is 2.60. The molecule has 5 heteroatoms. The number of rotatable bonds is 5. The van der Waals surface area contributed by atoms with Crippen LogP contribution in [0.15, 0.2) is 22.7 Å². The minimum Gasteiger partial charge on any atom is -0.302 e. The summed E-state index contributed by atoms with van der Waals surface area (Å²) in [6.45, 7) is 2.13. The lowest BCUT2D eigenvalue weighted by Gasteiger charge is -1.99. The Balaban J connectivity index is 2.01. The van der Waals surface area contributed by atoms with E-state index in [1.807, 2.05) is 18.2 Å². The Morgan fingerprint density at radius 2 is 2.28 bits per heavy atom. The topological polar surface area (TPSA) is 42.0 Å². The van der Waals surface area contributed by atoms with Gasteiger partial charge in [0.25, 0.3) is 0 Å². The van der Waals surface area contributed by atoms with E-state index in [-0.39, 0.29) is 5.91 Å². The van der Waals surface area contributed by atoms with Crippen molar-refractivity contribution in [1.82, 2.24) is 4.98 Å². The fourth-order valence-electron chi connectivity index (χ4n) is 1.67. The minimum atomic E-state index is 0.0570. The van der Waals surface area contributed by atoms with Gasteiger partial charge in [-0.25, -0.2) is 4.98 Å². The van der Waals surface area contributed by atoms with Gasteiger partial charge in [-0.2, -0.15) is 0 Å². The van der Waals surface area contributed by atoms with Gasteiger partial charge in [-0.3, -0.25) is 4.79 Å². The predicted octanol–water partition coefficient (Wildman–Crippen LogP) is 4.58. The number of carbonyl (C=O) groups is 1. The lowest BCUT2D eigenvalue weighted by molar-refractivity contribution is -0.116. The predicted molar refractivity (Wildman–Crippen MR) is 80.1 cm³/mol. The Hall–Kier alpha value is -0.940. The number of halogens is 1. The van der Waals surface area contributed by atoms with Gasteiger partial charge in [0.1, 0.15) is 0 Å². The number of nitrogens with zero attached hydrogens (tertiary/aromatic N) is 1. The number of carbonyl (C=O) groups excluding carboxylic acids is 1. The number of anilines is 1. The molecule has 0 unspecified atom stereocenters. The molecule has 1 N–H and O–H groups in total. The normalized spacial score (nSPS) is 10.8. The SMILES string of the molecule is CCCCCC(=O)Nc1nc2ccc(Br)cc2s1. The molecular formula is C13H15BrN2OS. The number of aromatic nitrogens is 1. The van der Waals surface area contributed by atoms with E-state index < -0.39 is 0 Å². The van der Waals surface area contributed by atoms with E-state index >= 15 is 0 Å². The van der Waals surface area contributed by atoms with Gasteiger partial charge in [0.2, 0.25) is 5.91 Å². The van der Waals surface area contributed by atoms with Gasteiger partial charge in [0, 0.05) is 10.9 Å². The average Bonchev–Trinajstić information content (AvgIpc) is 2.70. The van der Waals surface area contributed by atoms with E-state index in [9.17, 15) is 4.79 Å². The Labute approximate surface area is 119 Å². The number of hydrogen-bond acceptors (Lipinski definition) is 3. The van der Waals surface area contributed by atoms with Crippen molar-refractivity contribution in [3.8, 4) is 0 Å². The molecule has 0 radical (unpaired) electrons. The lowest BCUT2D eigenvalue weighted by atomic mass is 10.2. The van der Waals surface area contributed by atoms with Crippen LogP contribution in [-0.4, -0.2) is 10.9 Å². The quantitative estimate of drug-likeness (QED) is 0.817. The zero-order valence-electron chi connectivity index (χ0n) is 10.2. The summed E-state index contributed by atoms with van der Waals surface area (Å²) in [7, 11) is 0. The van der Waals surface area contributed by atoms with E-state index in [1.54, 1.807) is 0 Å². The lowest BCUT2D eigenvalue weighted by Crippen LogP contribution is -2.10. The molecule has 0 spiro atoms. The Kier molecular flexibility index (Phi) is 4.72. The van der Waals surface area contributed by atoms with Crippen LogP contribution >= 0.6 is 27.3 Å². The molecule has 0 aliphatic rings. The van der Waals surface area contributed by atoms with Crippen LogP contribution in [0.25, 0.3) is 10.2 Å². The van der Waals surface area contributed by atoms with Crippen LogP contribution in [0, 0.1) is 0 Å². The molecule has 1 aromatic carbocycles. The van der Waals surface area contributed by atoms with Gasteiger partial charge < -0.3 is 5.32 Å². The van der Waals surface area contributed by atoms with Crippen molar-refractivity contribution in [2.45, 2.75) is 32.6 Å². The third kappa shape index (κ3) is 3.53. The number of hydrogen-bond donors (Lipinski definition) is 1. The average molecular weight is 327 g/mol. The standard InChI is InChI=1S/C13H15BrN2OS/c1-2-3-4-5-12(17)16-13-15-10-7-6-9(14)8-11(10)18-13/h6-8H,2-5H2,1H3,(H,15,16,17). The van der Waals surface area contributed by atoms with E-state index in [0.29, 0.717) is 11.6 Å². The fraction of sp³-hybridized carbons (Fsp3) is 0.385. The summed E-state index contributed by atoms with van der Waals surface area (Å²) >= 11 is 4.93. The first-order chi connectivity index (χ1) is 8.69. The molecule has 96 valence electrons. The molecule has 0 fully saturated rings.